The zero-order valence-electron chi connectivity index (χ0n) is 21.0. The van der Waals surface area contributed by atoms with E-state index < -0.39 is 0 Å². The van der Waals surface area contributed by atoms with Crippen molar-refractivity contribution in [1.82, 2.24) is 14.9 Å². The van der Waals surface area contributed by atoms with E-state index in [0.717, 1.165) is 54.0 Å². The first-order chi connectivity index (χ1) is 18.1. The molecule has 0 unspecified atom stereocenters. The van der Waals surface area contributed by atoms with Gasteiger partial charge in [-0.25, -0.2) is 4.98 Å². The van der Waals surface area contributed by atoms with Crippen LogP contribution in [0.3, 0.4) is 0 Å². The Morgan fingerprint density at radius 2 is 1.73 bits per heavy atom. The number of imidazole rings is 1. The summed E-state index contributed by atoms with van der Waals surface area (Å²) >= 11 is 5.86. The largest absolute Gasteiger partial charge is 0.497 e. The summed E-state index contributed by atoms with van der Waals surface area (Å²) in [6.45, 7) is 1.85. The number of ether oxygens (including phenoxy) is 3. The molecule has 37 heavy (non-hydrogen) atoms. The third-order valence-electron chi connectivity index (χ3n) is 5.94. The molecule has 194 valence electrons. The lowest BCUT2D eigenvalue weighted by atomic mass is 10.2. The topological polar surface area (TPSA) is 74.6 Å². The van der Waals surface area contributed by atoms with Gasteiger partial charge in [0.2, 0.25) is 0 Å². The van der Waals surface area contributed by atoms with Crippen molar-refractivity contribution < 1.29 is 19.0 Å². The fourth-order valence-electron chi connectivity index (χ4n) is 4.05. The molecule has 0 fully saturated rings. The summed E-state index contributed by atoms with van der Waals surface area (Å²) in [5.74, 6) is 3.10. The highest BCUT2D eigenvalue weighted by atomic mass is 35.5. The van der Waals surface area contributed by atoms with Gasteiger partial charge in [-0.1, -0.05) is 36.2 Å². The summed E-state index contributed by atoms with van der Waals surface area (Å²) in [6.07, 6.45) is 3.73. The van der Waals surface area contributed by atoms with Gasteiger partial charge in [0.05, 0.1) is 24.7 Å². The van der Waals surface area contributed by atoms with Gasteiger partial charge in [0.15, 0.2) is 6.61 Å². The zero-order valence-corrected chi connectivity index (χ0v) is 21.7. The number of nitrogens with zero attached hydrogens (tertiary/aromatic N) is 2. The van der Waals surface area contributed by atoms with E-state index in [2.05, 4.69) is 16.0 Å². The molecule has 0 spiro atoms. The number of para-hydroxylation sites is 2. The van der Waals surface area contributed by atoms with Crippen molar-refractivity contribution in [2.45, 2.75) is 32.2 Å². The molecule has 8 heteroatoms. The van der Waals surface area contributed by atoms with Crippen LogP contribution in [0.4, 0.5) is 0 Å². The maximum atomic E-state index is 12.0. The van der Waals surface area contributed by atoms with Gasteiger partial charge in [0, 0.05) is 24.1 Å². The van der Waals surface area contributed by atoms with Crippen LogP contribution in [-0.2, 0) is 17.8 Å². The lowest BCUT2D eigenvalue weighted by Gasteiger charge is -2.12. The standard InChI is InChI=1S/C29H32ClN3O4/c1-35-24-8-7-9-25(20-24)36-19-18-33-27-11-5-4-10-26(27)32-28(33)12-3-2-6-17-31-29(34)21-37-23-15-13-22(30)14-16-23/h4-5,7-11,13-16,20H,2-3,6,12,17-19,21H2,1H3,(H,31,34). The average molecular weight is 522 g/mol. The number of fused-ring (bicyclic) bond motifs is 1. The van der Waals surface area contributed by atoms with Crippen LogP contribution in [0.2, 0.25) is 5.02 Å². The second kappa shape index (κ2) is 13.6. The van der Waals surface area contributed by atoms with E-state index >= 15 is 0 Å². The van der Waals surface area contributed by atoms with E-state index in [4.69, 9.17) is 30.8 Å². The summed E-state index contributed by atoms with van der Waals surface area (Å²) in [6, 6.07) is 22.8. The Bertz CT molecular complexity index is 1290. The molecule has 0 atom stereocenters. The first-order valence-corrected chi connectivity index (χ1v) is 12.9. The van der Waals surface area contributed by atoms with Gasteiger partial charge in [0.1, 0.15) is 29.7 Å². The highest BCUT2D eigenvalue weighted by Gasteiger charge is 2.11. The summed E-state index contributed by atoms with van der Waals surface area (Å²) in [7, 11) is 1.65. The predicted octanol–water partition coefficient (Wildman–Crippen LogP) is 5.69. The number of carbonyl (C=O) groups excluding carboxylic acids is 1. The molecule has 1 amide bonds. The highest BCUT2D eigenvalue weighted by Crippen LogP contribution is 2.21. The Balaban J connectivity index is 1.20. The lowest BCUT2D eigenvalue weighted by molar-refractivity contribution is -0.123. The minimum Gasteiger partial charge on any atom is -0.497 e. The third-order valence-corrected chi connectivity index (χ3v) is 6.19. The van der Waals surface area contributed by atoms with Crippen LogP contribution in [0.25, 0.3) is 11.0 Å². The zero-order chi connectivity index (χ0) is 25.9. The Hall–Kier alpha value is -3.71. The molecule has 0 saturated heterocycles. The van der Waals surface area contributed by atoms with E-state index in [1.165, 1.54) is 0 Å². The first-order valence-electron chi connectivity index (χ1n) is 12.5. The number of rotatable bonds is 14. The fourth-order valence-corrected chi connectivity index (χ4v) is 4.18. The minimum atomic E-state index is -0.132. The Kier molecular flexibility index (Phi) is 9.66. The highest BCUT2D eigenvalue weighted by molar-refractivity contribution is 6.30. The van der Waals surface area contributed by atoms with E-state index in [-0.39, 0.29) is 12.5 Å². The van der Waals surface area contributed by atoms with E-state index in [1.54, 1.807) is 31.4 Å². The fraction of sp³-hybridized carbons (Fsp3) is 0.310. The SMILES string of the molecule is COc1cccc(OCCn2c(CCCCCNC(=O)COc3ccc(Cl)cc3)nc3ccccc32)c1. The van der Waals surface area contributed by atoms with Crippen LogP contribution in [0, 0.1) is 0 Å². The summed E-state index contributed by atoms with van der Waals surface area (Å²) in [4.78, 5) is 16.9. The number of carbonyl (C=O) groups is 1. The number of unbranched alkanes of at least 4 members (excludes halogenated alkanes) is 2. The van der Waals surface area contributed by atoms with E-state index in [9.17, 15) is 4.79 Å². The number of benzene rings is 3. The molecular formula is C29H32ClN3O4. The van der Waals surface area contributed by atoms with E-state index in [0.29, 0.717) is 30.5 Å². The van der Waals surface area contributed by atoms with Crippen LogP contribution in [0.15, 0.2) is 72.8 Å². The van der Waals surface area contributed by atoms with Crippen LogP contribution in [0.5, 0.6) is 17.2 Å². The van der Waals surface area contributed by atoms with Crippen molar-refractivity contribution >= 4 is 28.5 Å². The first kappa shape index (κ1) is 26.4. The monoisotopic (exact) mass is 521 g/mol. The Morgan fingerprint density at radius 1 is 0.919 bits per heavy atom. The number of aromatic nitrogens is 2. The molecule has 0 saturated carbocycles. The summed E-state index contributed by atoms with van der Waals surface area (Å²) < 4.78 is 19.0. The molecule has 0 aliphatic rings. The molecule has 1 aromatic heterocycles. The third kappa shape index (κ3) is 7.89. The van der Waals surface area contributed by atoms with Crippen LogP contribution in [-0.4, -0.2) is 42.3 Å². The maximum absolute atomic E-state index is 12.0. The van der Waals surface area contributed by atoms with Gasteiger partial charge in [-0.05, 0) is 61.4 Å². The number of hydrogen-bond acceptors (Lipinski definition) is 5. The van der Waals surface area contributed by atoms with Gasteiger partial charge in [-0.3, -0.25) is 4.79 Å². The molecule has 7 nitrogen and oxygen atoms in total. The van der Waals surface area contributed by atoms with Crippen molar-refractivity contribution in [3.8, 4) is 17.2 Å². The molecule has 4 aromatic rings. The number of aryl methyl sites for hydroxylation is 1. The summed E-state index contributed by atoms with van der Waals surface area (Å²) in [5.41, 5.74) is 2.10. The van der Waals surface area contributed by atoms with Gasteiger partial charge in [-0.15, -0.1) is 0 Å². The second-order valence-corrected chi connectivity index (χ2v) is 9.04. The number of hydrogen-bond donors (Lipinski definition) is 1. The van der Waals surface area contributed by atoms with Crippen LogP contribution >= 0.6 is 11.6 Å². The van der Waals surface area contributed by atoms with Crippen molar-refractivity contribution in [2.24, 2.45) is 0 Å². The van der Waals surface area contributed by atoms with Crippen LogP contribution < -0.4 is 19.5 Å². The molecular weight excluding hydrogens is 490 g/mol. The lowest BCUT2D eigenvalue weighted by Crippen LogP contribution is -2.29. The molecule has 0 aliphatic carbocycles. The quantitative estimate of drug-likeness (QED) is 0.216. The van der Waals surface area contributed by atoms with Crippen molar-refractivity contribution in [3.05, 3.63) is 83.6 Å². The molecule has 1 heterocycles. The number of halogens is 1. The van der Waals surface area contributed by atoms with E-state index in [1.807, 2.05) is 42.5 Å². The number of nitrogens with one attached hydrogen (secondary N) is 1. The minimum absolute atomic E-state index is 0.0104. The maximum Gasteiger partial charge on any atom is 0.257 e. The molecule has 0 radical (unpaired) electrons. The van der Waals surface area contributed by atoms with Gasteiger partial charge in [-0.2, -0.15) is 0 Å². The smallest absolute Gasteiger partial charge is 0.257 e. The van der Waals surface area contributed by atoms with Crippen molar-refractivity contribution in [1.29, 1.82) is 0 Å². The summed E-state index contributed by atoms with van der Waals surface area (Å²) in [5, 5.41) is 3.54. The van der Waals surface area contributed by atoms with Gasteiger partial charge < -0.3 is 24.1 Å². The average Bonchev–Trinajstić information content (AvgIpc) is 3.27. The van der Waals surface area contributed by atoms with Gasteiger partial charge >= 0.3 is 0 Å². The second-order valence-electron chi connectivity index (χ2n) is 8.60. The molecule has 0 bridgehead atoms. The number of amides is 1. The Morgan fingerprint density at radius 3 is 2.57 bits per heavy atom. The molecule has 3 aromatic carbocycles. The molecule has 0 aliphatic heterocycles. The normalized spacial score (nSPS) is 10.9. The molecule has 4 rings (SSSR count). The number of methoxy groups -OCH3 is 1. The predicted molar refractivity (Wildman–Crippen MR) is 146 cm³/mol. The van der Waals surface area contributed by atoms with Crippen molar-refractivity contribution in [2.75, 3.05) is 26.9 Å². The van der Waals surface area contributed by atoms with Gasteiger partial charge in [0.25, 0.3) is 5.91 Å². The van der Waals surface area contributed by atoms with Crippen LogP contribution in [0.1, 0.15) is 25.1 Å². The molecule has 1 N–H and O–H groups in total. The van der Waals surface area contributed by atoms with Crippen molar-refractivity contribution in [3.63, 3.8) is 0 Å². The Labute approximate surface area is 222 Å².